The highest BCUT2D eigenvalue weighted by Gasteiger charge is 2.34. The Morgan fingerprint density at radius 2 is 1.67 bits per heavy atom. The number of Topliss-reactive ketones (excluding diaryl/α,β-unsaturated/α-hetero) is 1. The summed E-state index contributed by atoms with van der Waals surface area (Å²) in [7, 11) is 0. The second-order valence-corrected chi connectivity index (χ2v) is 8.08. The van der Waals surface area contributed by atoms with Gasteiger partial charge >= 0.3 is 18.0 Å². The van der Waals surface area contributed by atoms with E-state index in [1.54, 1.807) is 13.8 Å². The highest BCUT2D eigenvalue weighted by Crippen LogP contribution is 2.23. The molecule has 0 aliphatic carbocycles. The topological polar surface area (TPSA) is 161 Å². The number of hydrogen-bond donors (Lipinski definition) is 1. The smallest absolute Gasteiger partial charge is 0.412 e. The quantitative estimate of drug-likeness (QED) is 0.248. The SMILES string of the molecule is CCOC(=O)COc1ccc(C(=O)C(C)[C@H](OC2CCN(C(=O)OCOC(C)=O)CC2)C(N)=O)cc1. The number of primary amides is 1. The van der Waals surface area contributed by atoms with Crippen molar-refractivity contribution in [2.24, 2.45) is 11.7 Å². The molecule has 0 aromatic heterocycles. The van der Waals surface area contributed by atoms with Gasteiger partial charge in [-0.2, -0.15) is 0 Å². The minimum absolute atomic E-state index is 0.250. The predicted octanol–water partition coefficient (Wildman–Crippen LogP) is 1.44. The Morgan fingerprint density at radius 3 is 2.22 bits per heavy atom. The molecule has 2 rings (SSSR count). The molecule has 1 aromatic rings. The monoisotopic (exact) mass is 508 g/mol. The summed E-state index contributed by atoms with van der Waals surface area (Å²) in [6.07, 6.45) is -1.38. The fourth-order valence-electron chi connectivity index (χ4n) is 3.53. The first kappa shape index (κ1) is 28.6. The van der Waals surface area contributed by atoms with Crippen LogP contribution in [0.1, 0.15) is 44.0 Å². The largest absolute Gasteiger partial charge is 0.482 e. The van der Waals surface area contributed by atoms with Crippen molar-refractivity contribution in [3.63, 3.8) is 0 Å². The fourth-order valence-corrected chi connectivity index (χ4v) is 3.53. The van der Waals surface area contributed by atoms with Gasteiger partial charge in [0.25, 0.3) is 0 Å². The number of amides is 2. The Morgan fingerprint density at radius 1 is 1.03 bits per heavy atom. The van der Waals surface area contributed by atoms with E-state index < -0.39 is 48.9 Å². The number of likely N-dealkylation sites (tertiary alicyclic amines) is 1. The third kappa shape index (κ3) is 8.84. The van der Waals surface area contributed by atoms with Crippen LogP contribution in [0.3, 0.4) is 0 Å². The molecule has 0 saturated carbocycles. The number of hydrogen-bond acceptors (Lipinski definition) is 10. The van der Waals surface area contributed by atoms with Gasteiger partial charge < -0.3 is 34.3 Å². The highest BCUT2D eigenvalue weighted by atomic mass is 16.7. The second kappa shape index (κ2) is 14.0. The molecule has 1 aliphatic rings. The highest BCUT2D eigenvalue weighted by molar-refractivity contribution is 6.00. The number of carbonyl (C=O) groups excluding carboxylic acids is 5. The lowest BCUT2D eigenvalue weighted by Crippen LogP contribution is -2.46. The fraction of sp³-hybridized carbons (Fsp3) is 0.542. The average Bonchev–Trinajstić information content (AvgIpc) is 2.85. The maximum absolute atomic E-state index is 13.0. The van der Waals surface area contributed by atoms with Gasteiger partial charge in [-0.1, -0.05) is 6.92 Å². The molecule has 36 heavy (non-hydrogen) atoms. The number of nitrogens with zero attached hydrogens (tertiary/aromatic N) is 1. The van der Waals surface area contributed by atoms with Crippen LogP contribution in [0, 0.1) is 5.92 Å². The zero-order valence-corrected chi connectivity index (χ0v) is 20.6. The van der Waals surface area contributed by atoms with Gasteiger partial charge in [0.15, 0.2) is 12.4 Å². The second-order valence-electron chi connectivity index (χ2n) is 8.08. The Balaban J connectivity index is 1.89. The van der Waals surface area contributed by atoms with Crippen LogP contribution in [-0.2, 0) is 33.3 Å². The van der Waals surface area contributed by atoms with Crippen molar-refractivity contribution in [2.45, 2.75) is 45.8 Å². The molecule has 2 amide bonds. The number of ketones is 1. The Labute approximate surface area is 208 Å². The molecule has 2 N–H and O–H groups in total. The van der Waals surface area contributed by atoms with E-state index in [0.717, 1.165) is 0 Å². The van der Waals surface area contributed by atoms with Gasteiger partial charge in [0.05, 0.1) is 18.6 Å². The summed E-state index contributed by atoms with van der Waals surface area (Å²) < 4.78 is 25.4. The number of piperidine rings is 1. The molecule has 0 spiro atoms. The van der Waals surface area contributed by atoms with E-state index in [0.29, 0.717) is 37.2 Å². The van der Waals surface area contributed by atoms with Crippen LogP contribution < -0.4 is 10.5 Å². The van der Waals surface area contributed by atoms with E-state index in [4.69, 9.17) is 24.7 Å². The Bertz CT molecular complexity index is 925. The average molecular weight is 509 g/mol. The van der Waals surface area contributed by atoms with Gasteiger partial charge in [0.2, 0.25) is 12.7 Å². The van der Waals surface area contributed by atoms with Gasteiger partial charge in [-0.15, -0.1) is 0 Å². The lowest BCUT2D eigenvalue weighted by molar-refractivity contribution is -0.150. The lowest BCUT2D eigenvalue weighted by Gasteiger charge is -2.33. The van der Waals surface area contributed by atoms with Crippen LogP contribution in [-0.4, -0.2) is 79.9 Å². The molecule has 0 radical (unpaired) electrons. The van der Waals surface area contributed by atoms with E-state index in [1.807, 2.05) is 0 Å². The summed E-state index contributed by atoms with van der Waals surface area (Å²) in [5, 5.41) is 0. The third-order valence-corrected chi connectivity index (χ3v) is 5.43. The van der Waals surface area contributed by atoms with Crippen molar-refractivity contribution >= 4 is 29.7 Å². The molecule has 12 heteroatoms. The van der Waals surface area contributed by atoms with Crippen LogP contribution in [0.2, 0.25) is 0 Å². The Kier molecular flexibility index (Phi) is 11.1. The van der Waals surface area contributed by atoms with Crippen molar-refractivity contribution in [1.29, 1.82) is 0 Å². The number of ether oxygens (including phenoxy) is 5. The van der Waals surface area contributed by atoms with Crippen LogP contribution in [0.4, 0.5) is 4.79 Å². The summed E-state index contributed by atoms with van der Waals surface area (Å²) in [6.45, 7) is 4.58. The van der Waals surface area contributed by atoms with Gasteiger partial charge in [-0.05, 0) is 44.0 Å². The minimum Gasteiger partial charge on any atom is -0.482 e. The van der Waals surface area contributed by atoms with Crippen molar-refractivity contribution in [2.75, 3.05) is 33.1 Å². The van der Waals surface area contributed by atoms with Gasteiger partial charge in [0, 0.05) is 25.6 Å². The minimum atomic E-state index is -1.16. The number of esters is 2. The zero-order valence-electron chi connectivity index (χ0n) is 20.6. The predicted molar refractivity (Wildman–Crippen MR) is 124 cm³/mol. The molecule has 12 nitrogen and oxygen atoms in total. The van der Waals surface area contributed by atoms with Crippen molar-refractivity contribution < 1.29 is 47.7 Å². The van der Waals surface area contributed by atoms with Gasteiger partial charge in [0.1, 0.15) is 11.9 Å². The standard InChI is InChI=1S/C24H32N2O10/c1-4-32-20(28)13-33-18-7-5-17(6-8-18)21(29)15(2)22(23(25)30)36-19-9-11-26(12-10-19)24(31)35-14-34-16(3)27/h5-8,15,19,22H,4,9-14H2,1-3H3,(H2,25,30)/t15?,22-/m0/s1. The normalized spacial score (nSPS) is 15.4. The van der Waals surface area contributed by atoms with Crippen molar-refractivity contribution in [3.8, 4) is 5.75 Å². The number of carbonyl (C=O) groups is 5. The summed E-state index contributed by atoms with van der Waals surface area (Å²) in [5.74, 6) is -2.66. The lowest BCUT2D eigenvalue weighted by atomic mass is 9.93. The molecule has 1 fully saturated rings. The molecule has 1 aromatic carbocycles. The van der Waals surface area contributed by atoms with Gasteiger partial charge in [-0.25, -0.2) is 9.59 Å². The van der Waals surface area contributed by atoms with Crippen LogP contribution in [0.15, 0.2) is 24.3 Å². The van der Waals surface area contributed by atoms with Crippen LogP contribution in [0.25, 0.3) is 0 Å². The maximum Gasteiger partial charge on any atom is 0.412 e. The van der Waals surface area contributed by atoms with Crippen LogP contribution in [0.5, 0.6) is 5.75 Å². The van der Waals surface area contributed by atoms with E-state index in [1.165, 1.54) is 36.1 Å². The Hall–Kier alpha value is -3.67. The molecule has 1 saturated heterocycles. The summed E-state index contributed by atoms with van der Waals surface area (Å²) in [6, 6.07) is 6.12. The third-order valence-electron chi connectivity index (χ3n) is 5.43. The summed E-state index contributed by atoms with van der Waals surface area (Å²) >= 11 is 0. The first-order valence-corrected chi connectivity index (χ1v) is 11.5. The summed E-state index contributed by atoms with van der Waals surface area (Å²) in [4.78, 5) is 60.7. The number of rotatable bonds is 12. The molecular formula is C24H32N2O10. The van der Waals surface area contributed by atoms with E-state index in [-0.39, 0.29) is 19.0 Å². The first-order valence-electron chi connectivity index (χ1n) is 11.5. The molecule has 198 valence electrons. The summed E-state index contributed by atoms with van der Waals surface area (Å²) in [5.41, 5.74) is 5.86. The number of benzene rings is 1. The van der Waals surface area contributed by atoms with Gasteiger partial charge in [-0.3, -0.25) is 14.4 Å². The van der Waals surface area contributed by atoms with E-state index in [9.17, 15) is 24.0 Å². The molecule has 1 aliphatic heterocycles. The molecule has 1 heterocycles. The first-order chi connectivity index (χ1) is 17.1. The molecule has 1 unspecified atom stereocenters. The van der Waals surface area contributed by atoms with Crippen LogP contribution >= 0.6 is 0 Å². The van der Waals surface area contributed by atoms with E-state index in [2.05, 4.69) is 4.74 Å². The maximum atomic E-state index is 13.0. The zero-order chi connectivity index (χ0) is 26.7. The van der Waals surface area contributed by atoms with E-state index >= 15 is 0 Å². The van der Waals surface area contributed by atoms with Crippen molar-refractivity contribution in [3.05, 3.63) is 29.8 Å². The molecular weight excluding hydrogens is 476 g/mol. The number of nitrogens with two attached hydrogens (primary N) is 1. The molecule has 2 atom stereocenters. The molecule has 0 bridgehead atoms. The van der Waals surface area contributed by atoms with Crippen molar-refractivity contribution in [1.82, 2.24) is 4.90 Å².